The van der Waals surface area contributed by atoms with Crippen molar-refractivity contribution < 1.29 is 72.4 Å². The number of aromatic hydroxyl groups is 2. The predicted octanol–water partition coefficient (Wildman–Crippen LogP) is 6.18. The number of amides is 2. The van der Waals surface area contributed by atoms with Gasteiger partial charge in [-0.05, 0) is 56.4 Å². The molecule has 4 aromatic carbocycles. The van der Waals surface area contributed by atoms with E-state index in [1.165, 1.54) is 32.2 Å². The maximum Gasteiger partial charge on any atom is 0.410 e. The van der Waals surface area contributed by atoms with Crippen LogP contribution in [0.5, 0.6) is 17.2 Å². The second-order valence-electron chi connectivity index (χ2n) is 20.4. The molecule has 4 aromatic rings. The van der Waals surface area contributed by atoms with E-state index in [9.17, 15) is 39.9 Å². The SMILES string of the molecule is COc1cccc2c1C(=N)c1c(O)c3c(c(O)c1C2=O)C[C@@](O)(C(=O)COC(=O)N(C)C1CCN(C(=O)OC(C)(C)c2ccc(-c4ccccc4)cc2)CC1)C[C@@H]3O[C@H]1C[C@H]2[C@H](O[C@@H]3[C@@H](OC)OCCN32)[C@H](C)O1. The van der Waals surface area contributed by atoms with Crippen LogP contribution in [0, 0.1) is 5.41 Å². The van der Waals surface area contributed by atoms with Gasteiger partial charge in [-0.15, -0.1) is 0 Å². The molecule has 0 aromatic heterocycles. The molecular formula is C55H62N4O15. The zero-order valence-corrected chi connectivity index (χ0v) is 42.2. The zero-order chi connectivity index (χ0) is 52.4. The van der Waals surface area contributed by atoms with E-state index in [1.54, 1.807) is 17.0 Å². The Balaban J connectivity index is 0.835. The van der Waals surface area contributed by atoms with Crippen LogP contribution in [-0.2, 0) is 50.0 Å². The third kappa shape index (κ3) is 9.07. The third-order valence-electron chi connectivity index (χ3n) is 15.7. The van der Waals surface area contributed by atoms with Crippen molar-refractivity contribution in [3.05, 3.63) is 112 Å². The van der Waals surface area contributed by atoms with Gasteiger partial charge in [-0.1, -0.05) is 66.7 Å². The Labute approximate surface area is 428 Å². The molecule has 2 aliphatic carbocycles. The van der Waals surface area contributed by atoms with E-state index < -0.39 is 96.9 Å². The Bertz CT molecular complexity index is 2850. The monoisotopic (exact) mass is 1020 g/mol. The number of nitrogens with zero attached hydrogens (tertiary/aromatic N) is 3. The molecule has 2 amide bonds. The summed E-state index contributed by atoms with van der Waals surface area (Å²) in [5.74, 6) is -2.62. The van der Waals surface area contributed by atoms with E-state index in [0.29, 0.717) is 39.1 Å². The van der Waals surface area contributed by atoms with Gasteiger partial charge < -0.3 is 63.0 Å². The summed E-state index contributed by atoms with van der Waals surface area (Å²) in [6.07, 6.45) is -5.78. The van der Waals surface area contributed by atoms with E-state index in [-0.39, 0.29) is 69.5 Å². The highest BCUT2D eigenvalue weighted by Crippen LogP contribution is 2.53. The predicted molar refractivity (Wildman–Crippen MR) is 264 cm³/mol. The minimum Gasteiger partial charge on any atom is -0.507 e. The number of aliphatic hydroxyl groups is 1. The minimum absolute atomic E-state index is 0.0348. The molecule has 19 nitrogen and oxygen atoms in total. The number of phenols is 2. The fraction of sp³-hybridized carbons (Fsp3) is 0.473. The van der Waals surface area contributed by atoms with Crippen LogP contribution in [0.1, 0.15) is 96.3 Å². The van der Waals surface area contributed by atoms with Crippen molar-refractivity contribution in [2.45, 2.75) is 113 Å². The Morgan fingerprint density at radius 3 is 2.32 bits per heavy atom. The number of hydrogen-bond acceptors (Lipinski definition) is 17. The number of likely N-dealkylation sites (tertiary alicyclic amines) is 1. The first kappa shape index (κ1) is 51.1. The Morgan fingerprint density at radius 2 is 1.62 bits per heavy atom. The fourth-order valence-electron chi connectivity index (χ4n) is 11.6. The third-order valence-corrected chi connectivity index (χ3v) is 15.7. The van der Waals surface area contributed by atoms with E-state index in [0.717, 1.165) is 16.7 Å². The average Bonchev–Trinajstić information content (AvgIpc) is 3.81. The van der Waals surface area contributed by atoms with Gasteiger partial charge in [0.25, 0.3) is 0 Å². The van der Waals surface area contributed by atoms with Gasteiger partial charge >= 0.3 is 12.2 Å². The summed E-state index contributed by atoms with van der Waals surface area (Å²) in [7, 11) is 4.47. The number of methoxy groups -OCH3 is 2. The number of Topliss-reactive ketones (excluding diaryl/α,β-unsaturated/α-hetero) is 1. The van der Waals surface area contributed by atoms with Gasteiger partial charge in [0.15, 0.2) is 31.2 Å². The summed E-state index contributed by atoms with van der Waals surface area (Å²) in [6, 6.07) is 21.9. The van der Waals surface area contributed by atoms with Gasteiger partial charge in [0.05, 0.1) is 48.3 Å². The quantitative estimate of drug-likeness (QED) is 0.108. The lowest BCUT2D eigenvalue weighted by molar-refractivity contribution is -0.256. The second kappa shape index (κ2) is 20.0. The molecule has 74 heavy (non-hydrogen) atoms. The lowest BCUT2D eigenvalue weighted by Gasteiger charge is -2.43. The summed E-state index contributed by atoms with van der Waals surface area (Å²) in [4.78, 5) is 60.7. The standard InChI is InChI=1S/C55H62N4O15/c1-29-49-36(59-23-24-69-51(68-6)50(59)73-49)25-40(71-29)72-38-27-55(66,26-35-42(38)48(63)43-44(47(35)62)46(61)34-13-10-14-37(67-5)41(34)45(43)56)39(60)28-70-52(64)57(4)33-19-21-58(22-20-33)53(65)74-54(2,3)32-17-15-31(16-18-32)30-11-8-7-9-12-30/h7-18,29,33,36,38,40,49-51,56,62-63,66H,19-28H2,1-6H3/t29-,36-,38-,40-,49+,50+,51-,55-/m0/s1. The number of morpholine rings is 1. The van der Waals surface area contributed by atoms with Crippen molar-refractivity contribution in [3.8, 4) is 28.4 Å². The number of nitrogens with one attached hydrogen (secondary N) is 1. The minimum atomic E-state index is -2.37. The van der Waals surface area contributed by atoms with Crippen LogP contribution in [0.15, 0.2) is 72.8 Å². The molecule has 4 saturated heterocycles. The number of hydrogen-bond donors (Lipinski definition) is 4. The number of ketones is 2. The molecule has 0 saturated carbocycles. The van der Waals surface area contributed by atoms with Gasteiger partial charge in [0.2, 0.25) is 5.78 Å². The smallest absolute Gasteiger partial charge is 0.410 e. The molecule has 392 valence electrons. The van der Waals surface area contributed by atoms with E-state index in [4.69, 9.17) is 37.9 Å². The highest BCUT2D eigenvalue weighted by Gasteiger charge is 2.55. The molecule has 0 spiro atoms. The van der Waals surface area contributed by atoms with Crippen molar-refractivity contribution >= 4 is 29.5 Å². The fourth-order valence-corrected chi connectivity index (χ4v) is 11.6. The highest BCUT2D eigenvalue weighted by atomic mass is 16.7. The molecule has 4 aliphatic heterocycles. The molecule has 10 rings (SSSR count). The largest absolute Gasteiger partial charge is 0.507 e. The van der Waals surface area contributed by atoms with Crippen LogP contribution in [0.25, 0.3) is 11.1 Å². The van der Waals surface area contributed by atoms with Gasteiger partial charge in [0, 0.05) is 81.8 Å². The van der Waals surface area contributed by atoms with Gasteiger partial charge in [-0.25, -0.2) is 9.59 Å². The Hall–Kier alpha value is -6.45. The van der Waals surface area contributed by atoms with Crippen molar-refractivity contribution in [2.75, 3.05) is 54.1 Å². The Kier molecular flexibility index (Phi) is 13.8. The molecule has 4 fully saturated rings. The maximum atomic E-state index is 14.3. The number of carbonyl (C=O) groups is 4. The summed E-state index contributed by atoms with van der Waals surface area (Å²) in [5.41, 5.74) is -1.28. The molecule has 4 N–H and O–H groups in total. The zero-order valence-electron chi connectivity index (χ0n) is 42.2. The molecule has 8 atom stereocenters. The number of carbonyl (C=O) groups excluding carboxylic acids is 4. The Morgan fingerprint density at radius 1 is 0.905 bits per heavy atom. The van der Waals surface area contributed by atoms with E-state index in [1.807, 2.05) is 75.4 Å². The molecule has 4 heterocycles. The van der Waals surface area contributed by atoms with Crippen molar-refractivity contribution in [3.63, 3.8) is 0 Å². The normalized spacial score (nSPS) is 26.7. The summed E-state index contributed by atoms with van der Waals surface area (Å²) < 4.78 is 47.8. The number of benzene rings is 4. The second-order valence-corrected chi connectivity index (χ2v) is 20.4. The molecule has 6 aliphatic rings. The van der Waals surface area contributed by atoms with E-state index in [2.05, 4.69) is 4.90 Å². The van der Waals surface area contributed by atoms with Crippen LogP contribution in [0.2, 0.25) is 0 Å². The number of rotatable bonds is 11. The molecular weight excluding hydrogens is 957 g/mol. The van der Waals surface area contributed by atoms with Crippen molar-refractivity contribution in [2.24, 2.45) is 0 Å². The molecule has 0 unspecified atom stereocenters. The van der Waals surface area contributed by atoms with Crippen LogP contribution >= 0.6 is 0 Å². The average molecular weight is 1020 g/mol. The lowest BCUT2D eigenvalue weighted by Crippen LogP contribution is -2.55. The van der Waals surface area contributed by atoms with Crippen LogP contribution in [0.3, 0.4) is 0 Å². The first-order chi connectivity index (χ1) is 35.4. The van der Waals surface area contributed by atoms with Gasteiger partial charge in [-0.3, -0.25) is 19.9 Å². The number of piperidine rings is 1. The van der Waals surface area contributed by atoms with Gasteiger partial charge in [0.1, 0.15) is 34.6 Å². The van der Waals surface area contributed by atoms with Gasteiger partial charge in [-0.2, -0.15) is 0 Å². The summed E-state index contributed by atoms with van der Waals surface area (Å²) in [6.45, 7) is 6.16. The molecule has 0 bridgehead atoms. The number of fused-ring (bicyclic) bond motifs is 6. The first-order valence-electron chi connectivity index (χ1n) is 25.0. The topological polar surface area (TPSA) is 236 Å². The van der Waals surface area contributed by atoms with Crippen molar-refractivity contribution in [1.29, 1.82) is 5.41 Å². The first-order valence-corrected chi connectivity index (χ1v) is 25.0. The number of phenolic OH excluding ortho intramolecular Hbond substituents is 2. The van der Waals surface area contributed by atoms with E-state index >= 15 is 0 Å². The lowest BCUT2D eigenvalue weighted by atomic mass is 9.71. The molecule has 0 radical (unpaired) electrons. The molecule has 19 heteroatoms. The highest BCUT2D eigenvalue weighted by molar-refractivity contribution is 6.32. The maximum absolute atomic E-state index is 14.3. The number of ether oxygens (including phenoxy) is 8. The summed E-state index contributed by atoms with van der Waals surface area (Å²) in [5, 5.41) is 46.1. The van der Waals surface area contributed by atoms with Crippen molar-refractivity contribution in [1.82, 2.24) is 14.7 Å². The van der Waals surface area contributed by atoms with Crippen LogP contribution in [-0.4, -0.2) is 162 Å². The van der Waals surface area contributed by atoms with Crippen LogP contribution in [0.4, 0.5) is 9.59 Å². The van der Waals surface area contributed by atoms with Crippen LogP contribution < -0.4 is 4.74 Å². The summed E-state index contributed by atoms with van der Waals surface area (Å²) >= 11 is 0.